The lowest BCUT2D eigenvalue weighted by Gasteiger charge is -2.34. The van der Waals surface area contributed by atoms with Gasteiger partial charge in [0.05, 0.1) is 5.69 Å². The van der Waals surface area contributed by atoms with Gasteiger partial charge in [-0.1, -0.05) is 42.5 Å². The van der Waals surface area contributed by atoms with Crippen LogP contribution in [0.3, 0.4) is 0 Å². The van der Waals surface area contributed by atoms with E-state index in [1.807, 2.05) is 6.07 Å². The minimum absolute atomic E-state index is 0.00595. The fourth-order valence-corrected chi connectivity index (χ4v) is 4.90. The highest BCUT2D eigenvalue weighted by molar-refractivity contribution is 5.95. The third-order valence-electron chi connectivity index (χ3n) is 6.81. The van der Waals surface area contributed by atoms with Crippen LogP contribution in [0.5, 0.6) is 0 Å². The third kappa shape index (κ3) is 5.92. The van der Waals surface area contributed by atoms with E-state index >= 15 is 0 Å². The highest BCUT2D eigenvalue weighted by Gasteiger charge is 2.29. The Balaban J connectivity index is 1.34. The van der Waals surface area contributed by atoms with E-state index < -0.39 is 0 Å². The SMILES string of the molecule is O=C(C1CCNCC1)N(CCC1CCN(Cc2ccccc2)CC1)c1ccccc1F. The number of anilines is 1. The number of hydrogen-bond acceptors (Lipinski definition) is 3. The Hall–Kier alpha value is -2.24. The maximum absolute atomic E-state index is 14.6. The van der Waals surface area contributed by atoms with Gasteiger partial charge in [-0.2, -0.15) is 0 Å². The molecular formula is C26H34FN3O. The van der Waals surface area contributed by atoms with Gasteiger partial charge in [0.2, 0.25) is 5.91 Å². The molecule has 4 nitrogen and oxygen atoms in total. The normalized spacial score (nSPS) is 18.7. The van der Waals surface area contributed by atoms with Crippen LogP contribution < -0.4 is 10.2 Å². The van der Waals surface area contributed by atoms with Crippen molar-refractivity contribution in [2.45, 2.75) is 38.6 Å². The zero-order valence-corrected chi connectivity index (χ0v) is 18.3. The number of hydrogen-bond donors (Lipinski definition) is 1. The number of amides is 1. The highest BCUT2D eigenvalue weighted by Crippen LogP contribution is 2.27. The molecule has 2 saturated heterocycles. The molecule has 2 aliphatic rings. The number of carbonyl (C=O) groups excluding carboxylic acids is 1. The van der Waals surface area contributed by atoms with Crippen molar-refractivity contribution in [2.24, 2.45) is 11.8 Å². The van der Waals surface area contributed by atoms with Gasteiger partial charge in [-0.15, -0.1) is 0 Å². The number of rotatable bonds is 7. The predicted octanol–water partition coefficient (Wildman–Crippen LogP) is 4.46. The van der Waals surface area contributed by atoms with Gasteiger partial charge in [-0.05, 0) is 81.9 Å². The van der Waals surface area contributed by atoms with Gasteiger partial charge < -0.3 is 10.2 Å². The van der Waals surface area contributed by atoms with E-state index in [1.54, 1.807) is 17.0 Å². The molecule has 0 radical (unpaired) electrons. The summed E-state index contributed by atoms with van der Waals surface area (Å²) in [6.45, 7) is 5.50. The topological polar surface area (TPSA) is 35.6 Å². The summed E-state index contributed by atoms with van der Waals surface area (Å²) in [5.74, 6) is 0.367. The predicted molar refractivity (Wildman–Crippen MR) is 123 cm³/mol. The van der Waals surface area contributed by atoms with Gasteiger partial charge in [0.25, 0.3) is 0 Å². The van der Waals surface area contributed by atoms with Crippen LogP contribution in [0.15, 0.2) is 54.6 Å². The number of nitrogens with zero attached hydrogens (tertiary/aromatic N) is 2. The van der Waals surface area contributed by atoms with Crippen molar-refractivity contribution in [3.05, 3.63) is 66.0 Å². The van der Waals surface area contributed by atoms with Gasteiger partial charge in [-0.3, -0.25) is 9.69 Å². The van der Waals surface area contributed by atoms with Gasteiger partial charge in [0.15, 0.2) is 0 Å². The first-order valence-corrected chi connectivity index (χ1v) is 11.7. The molecule has 2 fully saturated rings. The van der Waals surface area contributed by atoms with Crippen molar-refractivity contribution < 1.29 is 9.18 Å². The van der Waals surface area contributed by atoms with E-state index in [2.05, 4.69) is 40.5 Å². The summed E-state index contributed by atoms with van der Waals surface area (Å²) in [6.07, 6.45) is 4.88. The van der Waals surface area contributed by atoms with Gasteiger partial charge >= 0.3 is 0 Å². The molecule has 0 aliphatic carbocycles. The van der Waals surface area contributed by atoms with E-state index in [0.717, 1.165) is 64.8 Å². The van der Waals surface area contributed by atoms with Crippen LogP contribution >= 0.6 is 0 Å². The van der Waals surface area contributed by atoms with Crippen molar-refractivity contribution in [3.63, 3.8) is 0 Å². The first kappa shape index (κ1) is 22.0. The molecule has 0 saturated carbocycles. The lowest BCUT2D eigenvalue weighted by Crippen LogP contribution is -2.43. The molecule has 0 bridgehead atoms. The molecule has 4 rings (SSSR count). The molecule has 166 valence electrons. The average Bonchev–Trinajstić information content (AvgIpc) is 2.82. The maximum Gasteiger partial charge on any atom is 0.230 e. The molecule has 5 heteroatoms. The van der Waals surface area contributed by atoms with Crippen molar-refractivity contribution in [2.75, 3.05) is 37.6 Å². The van der Waals surface area contributed by atoms with Crippen LogP contribution in [-0.4, -0.2) is 43.5 Å². The second-order valence-electron chi connectivity index (χ2n) is 8.96. The second-order valence-corrected chi connectivity index (χ2v) is 8.96. The number of carbonyl (C=O) groups is 1. The van der Waals surface area contributed by atoms with Crippen molar-refractivity contribution >= 4 is 11.6 Å². The standard InChI is InChI=1S/C26H34FN3O/c27-24-8-4-5-9-25(24)30(26(31)23-10-15-28-16-11-23)19-14-21-12-17-29(18-13-21)20-22-6-2-1-3-7-22/h1-9,21,23,28H,10-20H2. The number of likely N-dealkylation sites (tertiary alicyclic amines) is 1. The molecule has 0 unspecified atom stereocenters. The van der Waals surface area contributed by atoms with Crippen LogP contribution in [0.2, 0.25) is 0 Å². The number of piperidine rings is 2. The summed E-state index contributed by atoms with van der Waals surface area (Å²) in [7, 11) is 0. The second kappa shape index (κ2) is 10.9. The van der Waals surface area contributed by atoms with Crippen LogP contribution in [0.25, 0.3) is 0 Å². The molecule has 1 amide bonds. The zero-order valence-electron chi connectivity index (χ0n) is 18.3. The summed E-state index contributed by atoms with van der Waals surface area (Å²) < 4.78 is 14.6. The molecule has 31 heavy (non-hydrogen) atoms. The van der Waals surface area contributed by atoms with Crippen molar-refractivity contribution in [1.82, 2.24) is 10.2 Å². The van der Waals surface area contributed by atoms with Crippen LogP contribution in [0, 0.1) is 17.7 Å². The number of nitrogens with one attached hydrogen (secondary N) is 1. The fourth-order valence-electron chi connectivity index (χ4n) is 4.90. The summed E-state index contributed by atoms with van der Waals surface area (Å²) in [6, 6.07) is 17.3. The van der Waals surface area contributed by atoms with E-state index in [1.165, 1.54) is 11.6 Å². The molecule has 0 spiro atoms. The lowest BCUT2D eigenvalue weighted by atomic mass is 9.92. The molecule has 2 heterocycles. The third-order valence-corrected chi connectivity index (χ3v) is 6.81. The summed E-state index contributed by atoms with van der Waals surface area (Å²) in [5.41, 5.74) is 1.80. The Labute approximate surface area is 185 Å². The Morgan fingerprint density at radius 1 is 0.968 bits per heavy atom. The van der Waals surface area contributed by atoms with Crippen LogP contribution in [-0.2, 0) is 11.3 Å². The maximum atomic E-state index is 14.6. The average molecular weight is 424 g/mol. The summed E-state index contributed by atoms with van der Waals surface area (Å²) in [4.78, 5) is 17.6. The number of para-hydroxylation sites is 1. The highest BCUT2D eigenvalue weighted by atomic mass is 19.1. The number of halogens is 1. The quantitative estimate of drug-likeness (QED) is 0.714. The van der Waals surface area contributed by atoms with E-state index in [9.17, 15) is 9.18 Å². The Bertz CT molecular complexity index is 830. The van der Waals surface area contributed by atoms with E-state index in [4.69, 9.17) is 0 Å². The van der Waals surface area contributed by atoms with Crippen LogP contribution in [0.1, 0.15) is 37.7 Å². The van der Waals surface area contributed by atoms with E-state index in [-0.39, 0.29) is 17.6 Å². The molecule has 1 N–H and O–H groups in total. The molecule has 0 atom stereocenters. The largest absolute Gasteiger partial charge is 0.317 e. The first-order valence-electron chi connectivity index (χ1n) is 11.7. The van der Waals surface area contributed by atoms with Crippen molar-refractivity contribution in [1.29, 1.82) is 0 Å². The Morgan fingerprint density at radius 3 is 2.35 bits per heavy atom. The zero-order chi connectivity index (χ0) is 21.5. The minimum Gasteiger partial charge on any atom is -0.317 e. The summed E-state index contributed by atoms with van der Waals surface area (Å²) >= 11 is 0. The van der Waals surface area contributed by atoms with Gasteiger partial charge in [0, 0.05) is 19.0 Å². The lowest BCUT2D eigenvalue weighted by molar-refractivity contribution is -0.123. The summed E-state index contributed by atoms with van der Waals surface area (Å²) in [5, 5.41) is 3.32. The molecule has 2 aliphatic heterocycles. The smallest absolute Gasteiger partial charge is 0.230 e. The monoisotopic (exact) mass is 423 g/mol. The minimum atomic E-state index is -0.303. The van der Waals surface area contributed by atoms with Crippen LogP contribution in [0.4, 0.5) is 10.1 Å². The van der Waals surface area contributed by atoms with Crippen molar-refractivity contribution in [3.8, 4) is 0 Å². The Kier molecular flexibility index (Phi) is 7.71. The molecule has 2 aromatic rings. The Morgan fingerprint density at radius 2 is 1.65 bits per heavy atom. The molecule has 0 aromatic heterocycles. The van der Waals surface area contributed by atoms with E-state index in [0.29, 0.717) is 18.2 Å². The molecular weight excluding hydrogens is 389 g/mol. The van der Waals surface area contributed by atoms with Gasteiger partial charge in [-0.25, -0.2) is 4.39 Å². The fraction of sp³-hybridized carbons (Fsp3) is 0.500. The first-order chi connectivity index (χ1) is 15.2. The number of benzene rings is 2. The molecule has 2 aromatic carbocycles. The van der Waals surface area contributed by atoms with Gasteiger partial charge in [0.1, 0.15) is 5.82 Å².